The van der Waals surface area contributed by atoms with Gasteiger partial charge >= 0.3 is 17.8 Å². The van der Waals surface area contributed by atoms with Gasteiger partial charge in [-0.25, -0.2) is 0 Å². The van der Waals surface area contributed by atoms with Crippen LogP contribution in [-0.2, 0) is 19.1 Å². The first-order valence-electron chi connectivity index (χ1n) is 7.57. The molecule has 23 heavy (non-hydrogen) atoms. The highest BCUT2D eigenvalue weighted by molar-refractivity contribution is 6.39. The number of benzene rings is 1. The lowest BCUT2D eigenvalue weighted by Crippen LogP contribution is -2.45. The van der Waals surface area contributed by atoms with Gasteiger partial charge in [0.25, 0.3) is 0 Å². The van der Waals surface area contributed by atoms with E-state index in [-0.39, 0.29) is 17.6 Å². The summed E-state index contributed by atoms with van der Waals surface area (Å²) in [6.45, 7) is 2.78. The molecular weight excluding hydrogens is 300 g/mol. The summed E-state index contributed by atoms with van der Waals surface area (Å²) >= 11 is 0. The molecule has 0 aliphatic carbocycles. The van der Waals surface area contributed by atoms with Gasteiger partial charge in [0.1, 0.15) is 5.75 Å². The van der Waals surface area contributed by atoms with Crippen molar-refractivity contribution in [3.05, 3.63) is 24.3 Å². The molecule has 1 aliphatic heterocycles. The van der Waals surface area contributed by atoms with Crippen LogP contribution in [0.3, 0.4) is 0 Å². The molecule has 1 fully saturated rings. The number of carbonyl (C=O) groups excluding carboxylic acids is 3. The maximum Gasteiger partial charge on any atom is 0.313 e. The smallest absolute Gasteiger partial charge is 0.313 e. The maximum absolute atomic E-state index is 12.1. The molecule has 0 spiro atoms. The Kier molecular flexibility index (Phi) is 5.56. The lowest BCUT2D eigenvalue weighted by molar-refractivity contribution is -0.152. The van der Waals surface area contributed by atoms with Gasteiger partial charge in [0.05, 0.1) is 12.5 Å². The Morgan fingerprint density at radius 2 is 2.00 bits per heavy atom. The third-order valence-corrected chi connectivity index (χ3v) is 3.70. The van der Waals surface area contributed by atoms with Gasteiger partial charge in [0.2, 0.25) is 0 Å². The van der Waals surface area contributed by atoms with Crippen molar-refractivity contribution in [1.29, 1.82) is 0 Å². The number of amides is 2. The number of esters is 1. The number of nitrogens with zero attached hydrogens (tertiary/aromatic N) is 1. The number of hydrogen-bond donors (Lipinski definition) is 2. The summed E-state index contributed by atoms with van der Waals surface area (Å²) in [6.07, 6.45) is 0.980. The molecule has 0 radical (unpaired) electrons. The van der Waals surface area contributed by atoms with E-state index in [0.717, 1.165) is 0 Å². The molecule has 124 valence electrons. The monoisotopic (exact) mass is 320 g/mol. The minimum absolute atomic E-state index is 0.00509. The van der Waals surface area contributed by atoms with Gasteiger partial charge < -0.3 is 20.1 Å². The van der Waals surface area contributed by atoms with Gasteiger partial charge in [-0.05, 0) is 31.9 Å². The number of likely N-dealkylation sites (tertiary alicyclic amines) is 1. The first kappa shape index (κ1) is 16.8. The third-order valence-electron chi connectivity index (χ3n) is 3.70. The summed E-state index contributed by atoms with van der Waals surface area (Å²) in [5.74, 6) is -1.86. The van der Waals surface area contributed by atoms with Crippen molar-refractivity contribution < 1.29 is 24.2 Å². The summed E-state index contributed by atoms with van der Waals surface area (Å²) in [5.41, 5.74) is 0.352. The molecule has 7 heteroatoms. The van der Waals surface area contributed by atoms with Crippen LogP contribution in [0.1, 0.15) is 19.8 Å². The number of nitrogens with one attached hydrogen (secondary N) is 1. The van der Waals surface area contributed by atoms with Gasteiger partial charge in [-0.1, -0.05) is 6.07 Å². The molecular formula is C16H20N2O5. The fourth-order valence-corrected chi connectivity index (χ4v) is 2.49. The number of hydrogen-bond acceptors (Lipinski definition) is 5. The highest BCUT2D eigenvalue weighted by Gasteiger charge is 2.30. The van der Waals surface area contributed by atoms with Crippen LogP contribution in [0.15, 0.2) is 24.3 Å². The topological polar surface area (TPSA) is 95.9 Å². The van der Waals surface area contributed by atoms with Crippen molar-refractivity contribution in [2.45, 2.75) is 19.8 Å². The van der Waals surface area contributed by atoms with Crippen LogP contribution in [0.2, 0.25) is 0 Å². The molecule has 2 N–H and O–H groups in total. The highest BCUT2D eigenvalue weighted by atomic mass is 16.5. The maximum atomic E-state index is 12.1. The molecule has 2 amide bonds. The van der Waals surface area contributed by atoms with Crippen molar-refractivity contribution in [3.8, 4) is 5.75 Å². The quantitative estimate of drug-likeness (QED) is 0.643. The van der Waals surface area contributed by atoms with Gasteiger partial charge in [-0.2, -0.15) is 0 Å². The average Bonchev–Trinajstić information content (AvgIpc) is 2.54. The average molecular weight is 320 g/mol. The summed E-state index contributed by atoms with van der Waals surface area (Å²) in [6, 6.07) is 5.98. The molecule has 1 heterocycles. The first-order chi connectivity index (χ1) is 11.0. The minimum Gasteiger partial charge on any atom is -0.508 e. The van der Waals surface area contributed by atoms with E-state index in [9.17, 15) is 19.5 Å². The second-order valence-corrected chi connectivity index (χ2v) is 5.32. The normalized spacial score (nSPS) is 15.1. The van der Waals surface area contributed by atoms with Gasteiger partial charge in [-0.3, -0.25) is 14.4 Å². The van der Waals surface area contributed by atoms with E-state index in [1.54, 1.807) is 19.1 Å². The number of phenolic OH excluding ortho intramolecular Hbond substituents is 1. The predicted molar refractivity (Wildman–Crippen MR) is 82.7 cm³/mol. The molecule has 1 saturated heterocycles. The van der Waals surface area contributed by atoms with E-state index >= 15 is 0 Å². The van der Waals surface area contributed by atoms with Crippen molar-refractivity contribution in [2.75, 3.05) is 25.0 Å². The predicted octanol–water partition coefficient (Wildman–Crippen LogP) is 1.13. The third kappa shape index (κ3) is 4.45. The Balaban J connectivity index is 1.87. The van der Waals surface area contributed by atoms with Crippen LogP contribution >= 0.6 is 0 Å². The molecule has 7 nitrogen and oxygen atoms in total. The van der Waals surface area contributed by atoms with E-state index in [2.05, 4.69) is 5.32 Å². The number of carbonyl (C=O) groups is 3. The zero-order chi connectivity index (χ0) is 16.8. The van der Waals surface area contributed by atoms with Crippen molar-refractivity contribution in [1.82, 2.24) is 4.90 Å². The fourth-order valence-electron chi connectivity index (χ4n) is 2.49. The molecule has 0 aromatic heterocycles. The molecule has 1 aliphatic rings. The molecule has 0 bridgehead atoms. The second kappa shape index (κ2) is 7.62. The Labute approximate surface area is 134 Å². The van der Waals surface area contributed by atoms with Crippen LogP contribution in [-0.4, -0.2) is 47.5 Å². The number of piperidine rings is 1. The lowest BCUT2D eigenvalue weighted by atomic mass is 9.97. The summed E-state index contributed by atoms with van der Waals surface area (Å²) in [5, 5.41) is 11.8. The fraction of sp³-hybridized carbons (Fsp3) is 0.438. The number of ether oxygens (including phenoxy) is 1. The van der Waals surface area contributed by atoms with Crippen LogP contribution in [0.4, 0.5) is 5.69 Å². The Morgan fingerprint density at radius 1 is 1.30 bits per heavy atom. The Morgan fingerprint density at radius 3 is 2.61 bits per heavy atom. The molecule has 0 atom stereocenters. The van der Waals surface area contributed by atoms with Crippen LogP contribution < -0.4 is 5.32 Å². The van der Waals surface area contributed by atoms with Crippen LogP contribution in [0.25, 0.3) is 0 Å². The SMILES string of the molecule is CCOC(=O)C1CCN(C(=O)C(=O)Nc2cccc(O)c2)CC1. The molecule has 0 saturated carbocycles. The second-order valence-electron chi connectivity index (χ2n) is 5.32. The molecule has 1 aromatic rings. The van der Waals surface area contributed by atoms with Crippen molar-refractivity contribution >= 4 is 23.5 Å². The first-order valence-corrected chi connectivity index (χ1v) is 7.57. The number of anilines is 1. The van der Waals surface area contributed by atoms with Gasteiger partial charge in [0, 0.05) is 24.8 Å². The van der Waals surface area contributed by atoms with Crippen LogP contribution in [0.5, 0.6) is 5.75 Å². The minimum atomic E-state index is -0.759. The molecule has 1 aromatic carbocycles. The summed E-state index contributed by atoms with van der Waals surface area (Å²) < 4.78 is 4.97. The Bertz CT molecular complexity index is 594. The van der Waals surface area contributed by atoms with E-state index in [1.165, 1.54) is 17.0 Å². The van der Waals surface area contributed by atoms with Crippen molar-refractivity contribution in [3.63, 3.8) is 0 Å². The zero-order valence-corrected chi connectivity index (χ0v) is 12.9. The number of aromatic hydroxyl groups is 1. The van der Waals surface area contributed by atoms with Gasteiger partial charge in [-0.15, -0.1) is 0 Å². The number of rotatable bonds is 3. The van der Waals surface area contributed by atoms with Gasteiger partial charge in [0.15, 0.2) is 0 Å². The van der Waals surface area contributed by atoms with Crippen molar-refractivity contribution in [2.24, 2.45) is 5.92 Å². The van der Waals surface area contributed by atoms with E-state index in [4.69, 9.17) is 4.74 Å². The van der Waals surface area contributed by atoms with E-state index < -0.39 is 11.8 Å². The molecule has 2 rings (SSSR count). The van der Waals surface area contributed by atoms with E-state index in [1.807, 2.05) is 0 Å². The zero-order valence-electron chi connectivity index (χ0n) is 12.9. The largest absolute Gasteiger partial charge is 0.508 e. The lowest BCUT2D eigenvalue weighted by Gasteiger charge is -2.30. The highest BCUT2D eigenvalue weighted by Crippen LogP contribution is 2.19. The van der Waals surface area contributed by atoms with E-state index in [0.29, 0.717) is 38.2 Å². The Hall–Kier alpha value is -2.57. The number of phenols is 1. The van der Waals surface area contributed by atoms with Crippen LogP contribution in [0, 0.1) is 5.92 Å². The standard InChI is InChI=1S/C16H20N2O5/c1-2-23-16(22)11-6-8-18(9-7-11)15(21)14(20)17-12-4-3-5-13(19)10-12/h3-5,10-11,19H,2,6-9H2,1H3,(H,17,20). The summed E-state index contributed by atoms with van der Waals surface area (Å²) in [7, 11) is 0. The molecule has 0 unspecified atom stereocenters. The summed E-state index contributed by atoms with van der Waals surface area (Å²) in [4.78, 5) is 37.2.